The Morgan fingerprint density at radius 3 is 2.84 bits per heavy atom. The fourth-order valence-corrected chi connectivity index (χ4v) is 2.17. The average Bonchev–Trinajstić information content (AvgIpc) is 2.47. The van der Waals surface area contributed by atoms with E-state index in [0.717, 1.165) is 31.6 Å². The standard InChI is InChI=1S/C15H18N2O2/c16-9-13-5-3-12(4-6-13)8-15(18)17-10-14-2-1-7-19-11-14/h3-6,14H,1-2,7-8,10-11H2,(H,17,18). The lowest BCUT2D eigenvalue weighted by molar-refractivity contribution is -0.120. The fraction of sp³-hybridized carbons (Fsp3) is 0.467. The van der Waals surface area contributed by atoms with E-state index in [1.807, 2.05) is 12.1 Å². The minimum absolute atomic E-state index is 0.0234. The third-order valence-corrected chi connectivity index (χ3v) is 3.29. The molecule has 100 valence electrons. The molecule has 2 rings (SSSR count). The van der Waals surface area contributed by atoms with Crippen LogP contribution in [0.2, 0.25) is 0 Å². The predicted octanol–water partition coefficient (Wildman–Crippen LogP) is 1.64. The van der Waals surface area contributed by atoms with Crippen molar-refractivity contribution in [2.75, 3.05) is 19.8 Å². The number of nitriles is 1. The van der Waals surface area contributed by atoms with Crippen molar-refractivity contribution in [2.45, 2.75) is 19.3 Å². The van der Waals surface area contributed by atoms with E-state index < -0.39 is 0 Å². The van der Waals surface area contributed by atoms with Crippen LogP contribution in [-0.2, 0) is 16.0 Å². The molecule has 1 aromatic rings. The van der Waals surface area contributed by atoms with Crippen molar-refractivity contribution < 1.29 is 9.53 Å². The Labute approximate surface area is 113 Å². The number of ether oxygens (including phenoxy) is 1. The first-order valence-corrected chi connectivity index (χ1v) is 6.61. The highest BCUT2D eigenvalue weighted by Crippen LogP contribution is 2.12. The molecule has 0 aromatic heterocycles. The third-order valence-electron chi connectivity index (χ3n) is 3.29. The van der Waals surface area contributed by atoms with Crippen molar-refractivity contribution in [3.63, 3.8) is 0 Å². The van der Waals surface area contributed by atoms with Gasteiger partial charge in [0, 0.05) is 13.2 Å². The number of carbonyl (C=O) groups excluding carboxylic acids is 1. The summed E-state index contributed by atoms with van der Waals surface area (Å²) in [5.41, 5.74) is 1.54. The topological polar surface area (TPSA) is 62.1 Å². The van der Waals surface area contributed by atoms with Gasteiger partial charge in [-0.3, -0.25) is 4.79 Å². The van der Waals surface area contributed by atoms with Crippen LogP contribution in [0.1, 0.15) is 24.0 Å². The molecular formula is C15H18N2O2. The van der Waals surface area contributed by atoms with Crippen LogP contribution in [-0.4, -0.2) is 25.7 Å². The van der Waals surface area contributed by atoms with Gasteiger partial charge in [0.25, 0.3) is 0 Å². The Balaban J connectivity index is 1.75. The maximum atomic E-state index is 11.8. The third kappa shape index (κ3) is 4.38. The van der Waals surface area contributed by atoms with E-state index in [9.17, 15) is 4.79 Å². The van der Waals surface area contributed by atoms with Gasteiger partial charge in [0.15, 0.2) is 0 Å². The number of hydrogen-bond acceptors (Lipinski definition) is 3. The SMILES string of the molecule is N#Cc1ccc(CC(=O)NCC2CCCOC2)cc1. The molecule has 0 saturated carbocycles. The summed E-state index contributed by atoms with van der Waals surface area (Å²) in [7, 11) is 0. The molecule has 1 atom stereocenters. The summed E-state index contributed by atoms with van der Waals surface area (Å²) < 4.78 is 5.38. The van der Waals surface area contributed by atoms with Crippen LogP contribution in [0.25, 0.3) is 0 Å². The first-order chi connectivity index (χ1) is 9.28. The summed E-state index contributed by atoms with van der Waals surface area (Å²) in [4.78, 5) is 11.8. The van der Waals surface area contributed by atoms with Crippen molar-refractivity contribution in [3.8, 4) is 6.07 Å². The molecule has 0 radical (unpaired) electrons. The summed E-state index contributed by atoms with van der Waals surface area (Å²) in [6, 6.07) is 9.17. The molecule has 1 aromatic carbocycles. The Kier molecular flexibility index (Phi) is 4.93. The normalized spacial score (nSPS) is 18.6. The van der Waals surface area contributed by atoms with Crippen LogP contribution in [0.3, 0.4) is 0 Å². The van der Waals surface area contributed by atoms with Gasteiger partial charge in [-0.2, -0.15) is 5.26 Å². The number of carbonyl (C=O) groups is 1. The highest BCUT2D eigenvalue weighted by molar-refractivity contribution is 5.78. The molecule has 1 N–H and O–H groups in total. The monoisotopic (exact) mass is 258 g/mol. The first-order valence-electron chi connectivity index (χ1n) is 6.61. The highest BCUT2D eigenvalue weighted by atomic mass is 16.5. The van der Waals surface area contributed by atoms with Gasteiger partial charge in [0.1, 0.15) is 0 Å². The Bertz CT molecular complexity index is 456. The van der Waals surface area contributed by atoms with Crippen LogP contribution in [0.4, 0.5) is 0 Å². The second kappa shape index (κ2) is 6.91. The fourth-order valence-electron chi connectivity index (χ4n) is 2.17. The number of hydrogen-bond donors (Lipinski definition) is 1. The lowest BCUT2D eigenvalue weighted by Crippen LogP contribution is -2.34. The number of rotatable bonds is 4. The van der Waals surface area contributed by atoms with Crippen LogP contribution >= 0.6 is 0 Å². The summed E-state index contributed by atoms with van der Waals surface area (Å²) >= 11 is 0. The number of amides is 1. The molecule has 1 heterocycles. The second-order valence-electron chi connectivity index (χ2n) is 4.87. The van der Waals surface area contributed by atoms with Gasteiger partial charge in [-0.25, -0.2) is 0 Å². The largest absolute Gasteiger partial charge is 0.381 e. The molecule has 0 spiro atoms. The van der Waals surface area contributed by atoms with E-state index in [-0.39, 0.29) is 5.91 Å². The minimum atomic E-state index is 0.0234. The van der Waals surface area contributed by atoms with Gasteiger partial charge < -0.3 is 10.1 Å². The summed E-state index contributed by atoms with van der Waals surface area (Å²) in [6.45, 7) is 2.28. The van der Waals surface area contributed by atoms with Crippen LogP contribution < -0.4 is 5.32 Å². The molecule has 19 heavy (non-hydrogen) atoms. The molecule has 1 unspecified atom stereocenters. The summed E-state index contributed by atoms with van der Waals surface area (Å²) in [5.74, 6) is 0.467. The van der Waals surface area contributed by atoms with Gasteiger partial charge in [-0.05, 0) is 36.5 Å². The van der Waals surface area contributed by atoms with Crippen LogP contribution in [0.15, 0.2) is 24.3 Å². The molecule has 1 aliphatic heterocycles. The van der Waals surface area contributed by atoms with Crippen molar-refractivity contribution in [1.29, 1.82) is 5.26 Å². The lowest BCUT2D eigenvalue weighted by atomic mass is 10.0. The quantitative estimate of drug-likeness (QED) is 0.893. The van der Waals surface area contributed by atoms with Crippen LogP contribution in [0.5, 0.6) is 0 Å². The van der Waals surface area contributed by atoms with Gasteiger partial charge in [0.2, 0.25) is 5.91 Å². The average molecular weight is 258 g/mol. The van der Waals surface area contributed by atoms with Gasteiger partial charge in [-0.15, -0.1) is 0 Å². The van der Waals surface area contributed by atoms with Crippen molar-refractivity contribution in [1.82, 2.24) is 5.32 Å². The molecule has 4 nitrogen and oxygen atoms in total. The van der Waals surface area contributed by atoms with Crippen molar-refractivity contribution in [3.05, 3.63) is 35.4 Å². The van der Waals surface area contributed by atoms with Gasteiger partial charge >= 0.3 is 0 Å². The Morgan fingerprint density at radius 1 is 1.42 bits per heavy atom. The van der Waals surface area contributed by atoms with Crippen LogP contribution in [0, 0.1) is 17.2 Å². The molecule has 0 aliphatic carbocycles. The van der Waals surface area contributed by atoms with E-state index in [0.29, 0.717) is 24.4 Å². The number of nitrogens with one attached hydrogen (secondary N) is 1. The van der Waals surface area contributed by atoms with Crippen molar-refractivity contribution >= 4 is 5.91 Å². The lowest BCUT2D eigenvalue weighted by Gasteiger charge is -2.22. The van der Waals surface area contributed by atoms with Gasteiger partial charge in [0.05, 0.1) is 24.7 Å². The second-order valence-corrected chi connectivity index (χ2v) is 4.87. The molecule has 1 aliphatic rings. The maximum Gasteiger partial charge on any atom is 0.224 e. The summed E-state index contributed by atoms with van der Waals surface area (Å²) in [6.07, 6.45) is 2.56. The summed E-state index contributed by atoms with van der Waals surface area (Å²) in [5, 5.41) is 11.6. The molecule has 0 bridgehead atoms. The van der Waals surface area contributed by atoms with Crippen molar-refractivity contribution in [2.24, 2.45) is 5.92 Å². The smallest absolute Gasteiger partial charge is 0.224 e. The predicted molar refractivity (Wildman–Crippen MR) is 71.4 cm³/mol. The Hall–Kier alpha value is -1.86. The molecule has 1 amide bonds. The molecule has 4 heteroatoms. The number of benzene rings is 1. The first kappa shape index (κ1) is 13.6. The zero-order chi connectivity index (χ0) is 13.5. The maximum absolute atomic E-state index is 11.8. The van der Waals surface area contributed by atoms with E-state index >= 15 is 0 Å². The van der Waals surface area contributed by atoms with E-state index in [1.54, 1.807) is 12.1 Å². The van der Waals surface area contributed by atoms with E-state index in [2.05, 4.69) is 11.4 Å². The molecule has 1 fully saturated rings. The zero-order valence-electron chi connectivity index (χ0n) is 10.9. The van der Waals surface area contributed by atoms with Gasteiger partial charge in [-0.1, -0.05) is 12.1 Å². The van der Waals surface area contributed by atoms with E-state index in [4.69, 9.17) is 10.00 Å². The Morgan fingerprint density at radius 2 is 2.21 bits per heavy atom. The minimum Gasteiger partial charge on any atom is -0.381 e. The van der Waals surface area contributed by atoms with E-state index in [1.165, 1.54) is 0 Å². The molecule has 1 saturated heterocycles. The molecular weight excluding hydrogens is 240 g/mol. The zero-order valence-corrected chi connectivity index (χ0v) is 10.9. The highest BCUT2D eigenvalue weighted by Gasteiger charge is 2.14. The number of nitrogens with zero attached hydrogens (tertiary/aromatic N) is 1.